The number of Topliss-reactive ketones (excluding diaryl/α,β-unsaturated/α-hetero) is 1. The summed E-state index contributed by atoms with van der Waals surface area (Å²) in [6.07, 6.45) is 6.37. The predicted octanol–water partition coefficient (Wildman–Crippen LogP) is 3.33. The second-order valence-electron chi connectivity index (χ2n) is 8.65. The maximum atomic E-state index is 13.4. The van der Waals surface area contributed by atoms with Crippen LogP contribution in [-0.2, 0) is 26.3 Å². The lowest BCUT2D eigenvalue weighted by molar-refractivity contribution is -0.140. The second-order valence-corrected chi connectivity index (χ2v) is 8.65. The highest BCUT2D eigenvalue weighted by Crippen LogP contribution is 2.27. The number of aryl methyl sites for hydroxylation is 2. The Balaban J connectivity index is 1.84. The predicted molar refractivity (Wildman–Crippen MR) is 119 cm³/mol. The van der Waals surface area contributed by atoms with Gasteiger partial charge in [0.25, 0.3) is 11.5 Å². The third-order valence-corrected chi connectivity index (χ3v) is 6.18. The number of ketones is 1. The van der Waals surface area contributed by atoms with Crippen molar-refractivity contribution in [2.45, 2.75) is 84.1 Å². The molecule has 166 valence electrons. The lowest BCUT2D eigenvalue weighted by Crippen LogP contribution is -2.56. The molecule has 2 aromatic rings. The summed E-state index contributed by atoms with van der Waals surface area (Å²) in [6, 6.07) is 5.47. The fourth-order valence-electron chi connectivity index (χ4n) is 4.25. The van der Waals surface area contributed by atoms with Crippen molar-refractivity contribution in [1.82, 2.24) is 14.9 Å². The number of piperidine rings is 1. The van der Waals surface area contributed by atoms with Gasteiger partial charge in [-0.1, -0.05) is 32.3 Å². The summed E-state index contributed by atoms with van der Waals surface area (Å²) in [5.74, 6) is -0.144. The van der Waals surface area contributed by atoms with Crippen molar-refractivity contribution in [1.29, 1.82) is 0 Å². The number of carbonyl (C=O) groups excluding carboxylic acids is 3. The molecule has 0 spiro atoms. The van der Waals surface area contributed by atoms with E-state index in [1.165, 1.54) is 4.57 Å². The van der Waals surface area contributed by atoms with E-state index in [1.807, 2.05) is 6.07 Å². The zero-order valence-corrected chi connectivity index (χ0v) is 18.6. The smallest absolute Gasteiger partial charge is 0.262 e. The number of carbonyl (C=O) groups is 3. The molecule has 1 aliphatic heterocycles. The Labute approximate surface area is 182 Å². The minimum absolute atomic E-state index is 0.173. The molecular weight excluding hydrogens is 394 g/mol. The summed E-state index contributed by atoms with van der Waals surface area (Å²) in [7, 11) is 0. The van der Waals surface area contributed by atoms with Crippen molar-refractivity contribution in [3.8, 4) is 0 Å². The van der Waals surface area contributed by atoms with Gasteiger partial charge in [0.05, 0.1) is 10.9 Å². The standard InChI is InChI=1S/C24H31N3O4/c1-4-5-6-7-8-18(28)11-9-17-10-12-20-19(15-17)22(30)27(16(2)25-20)24(3)14-13-21(29)26-23(24)31/h10,12,15H,4-9,11,13-14H2,1-3H3,(H,26,29,31)/t24-/m0/s1. The first-order chi connectivity index (χ1) is 14.8. The van der Waals surface area contributed by atoms with Gasteiger partial charge in [0.2, 0.25) is 5.91 Å². The average molecular weight is 426 g/mol. The topological polar surface area (TPSA) is 98.1 Å². The molecule has 1 atom stereocenters. The molecule has 2 amide bonds. The van der Waals surface area contributed by atoms with Crippen LogP contribution in [0, 0.1) is 6.92 Å². The number of hydrogen-bond donors (Lipinski definition) is 1. The van der Waals surface area contributed by atoms with Crippen LogP contribution >= 0.6 is 0 Å². The van der Waals surface area contributed by atoms with Gasteiger partial charge in [-0.15, -0.1) is 0 Å². The molecule has 1 aromatic heterocycles. The molecule has 0 saturated carbocycles. The quantitative estimate of drug-likeness (QED) is 0.491. The van der Waals surface area contributed by atoms with E-state index in [-0.39, 0.29) is 30.1 Å². The highest BCUT2D eigenvalue weighted by molar-refractivity contribution is 6.01. The van der Waals surface area contributed by atoms with Crippen molar-refractivity contribution >= 4 is 28.5 Å². The van der Waals surface area contributed by atoms with E-state index in [1.54, 1.807) is 26.0 Å². The van der Waals surface area contributed by atoms with E-state index in [4.69, 9.17) is 0 Å². The molecule has 1 aliphatic rings. The van der Waals surface area contributed by atoms with Gasteiger partial charge in [-0.2, -0.15) is 0 Å². The highest BCUT2D eigenvalue weighted by atomic mass is 16.2. The maximum absolute atomic E-state index is 13.4. The summed E-state index contributed by atoms with van der Waals surface area (Å²) < 4.78 is 1.40. The van der Waals surface area contributed by atoms with Crippen LogP contribution in [-0.4, -0.2) is 27.1 Å². The Morgan fingerprint density at radius 1 is 1.16 bits per heavy atom. The normalized spacial score (nSPS) is 18.9. The Hall–Kier alpha value is -2.83. The van der Waals surface area contributed by atoms with E-state index < -0.39 is 11.4 Å². The van der Waals surface area contributed by atoms with Crippen molar-refractivity contribution in [2.75, 3.05) is 0 Å². The number of amides is 2. The summed E-state index contributed by atoms with van der Waals surface area (Å²) in [6.45, 7) is 5.51. The minimum atomic E-state index is -1.17. The van der Waals surface area contributed by atoms with Crippen LogP contribution in [0.1, 0.15) is 76.6 Å². The zero-order chi connectivity index (χ0) is 22.6. The summed E-state index contributed by atoms with van der Waals surface area (Å²) in [5.41, 5.74) is -0.00977. The Bertz CT molecular complexity index is 1070. The van der Waals surface area contributed by atoms with Crippen LogP contribution < -0.4 is 10.9 Å². The number of hydrogen-bond acceptors (Lipinski definition) is 5. The molecule has 0 unspecified atom stereocenters. The Morgan fingerprint density at radius 2 is 1.94 bits per heavy atom. The molecule has 1 N–H and O–H groups in total. The van der Waals surface area contributed by atoms with E-state index in [0.717, 1.165) is 31.2 Å². The highest BCUT2D eigenvalue weighted by Gasteiger charge is 2.42. The first-order valence-electron chi connectivity index (χ1n) is 11.1. The monoisotopic (exact) mass is 425 g/mol. The van der Waals surface area contributed by atoms with Crippen LogP contribution in [0.3, 0.4) is 0 Å². The lowest BCUT2D eigenvalue weighted by Gasteiger charge is -2.34. The second kappa shape index (κ2) is 9.54. The number of imide groups is 1. The van der Waals surface area contributed by atoms with E-state index in [2.05, 4.69) is 17.2 Å². The molecule has 2 heterocycles. The Morgan fingerprint density at radius 3 is 2.65 bits per heavy atom. The van der Waals surface area contributed by atoms with Crippen molar-refractivity contribution in [3.63, 3.8) is 0 Å². The molecule has 1 fully saturated rings. The molecule has 31 heavy (non-hydrogen) atoms. The summed E-state index contributed by atoms with van der Waals surface area (Å²) in [4.78, 5) is 54.2. The van der Waals surface area contributed by atoms with Gasteiger partial charge in [-0.25, -0.2) is 4.98 Å². The molecule has 0 radical (unpaired) electrons. The van der Waals surface area contributed by atoms with Crippen LogP contribution in [0.2, 0.25) is 0 Å². The number of nitrogens with zero attached hydrogens (tertiary/aromatic N) is 2. The molecule has 0 bridgehead atoms. The van der Waals surface area contributed by atoms with Gasteiger partial charge < -0.3 is 0 Å². The molecule has 7 heteroatoms. The van der Waals surface area contributed by atoms with Crippen molar-refractivity contribution in [2.24, 2.45) is 0 Å². The third kappa shape index (κ3) is 4.92. The Kier molecular flexibility index (Phi) is 7.03. The van der Waals surface area contributed by atoms with E-state index in [9.17, 15) is 19.2 Å². The van der Waals surface area contributed by atoms with Crippen LogP contribution in [0.15, 0.2) is 23.0 Å². The van der Waals surface area contributed by atoms with Crippen molar-refractivity contribution in [3.05, 3.63) is 39.9 Å². The van der Waals surface area contributed by atoms with Gasteiger partial charge in [-0.05, 0) is 50.8 Å². The van der Waals surface area contributed by atoms with Gasteiger partial charge >= 0.3 is 0 Å². The molecule has 7 nitrogen and oxygen atoms in total. The first-order valence-corrected chi connectivity index (χ1v) is 11.1. The maximum Gasteiger partial charge on any atom is 0.262 e. The first kappa shape index (κ1) is 22.8. The number of rotatable bonds is 9. The van der Waals surface area contributed by atoms with Crippen LogP contribution in [0.25, 0.3) is 10.9 Å². The molecule has 1 aromatic carbocycles. The fraction of sp³-hybridized carbons (Fsp3) is 0.542. The van der Waals surface area contributed by atoms with Gasteiger partial charge in [0, 0.05) is 19.3 Å². The third-order valence-electron chi connectivity index (χ3n) is 6.18. The van der Waals surface area contributed by atoms with Crippen LogP contribution in [0.5, 0.6) is 0 Å². The van der Waals surface area contributed by atoms with E-state index in [0.29, 0.717) is 36.0 Å². The average Bonchev–Trinajstić information content (AvgIpc) is 2.73. The van der Waals surface area contributed by atoms with Gasteiger partial charge in [-0.3, -0.25) is 29.1 Å². The minimum Gasteiger partial charge on any atom is -0.300 e. The van der Waals surface area contributed by atoms with Crippen molar-refractivity contribution < 1.29 is 14.4 Å². The SMILES string of the molecule is CCCCCCC(=O)CCc1ccc2nc(C)n([C@@]3(C)CCC(=O)NC3=O)c(=O)c2c1. The van der Waals surface area contributed by atoms with Gasteiger partial charge in [0.15, 0.2) is 0 Å². The lowest BCUT2D eigenvalue weighted by atomic mass is 9.90. The number of aromatic nitrogens is 2. The van der Waals surface area contributed by atoms with Gasteiger partial charge in [0.1, 0.15) is 17.1 Å². The number of unbranched alkanes of at least 4 members (excludes halogenated alkanes) is 3. The van der Waals surface area contributed by atoms with E-state index >= 15 is 0 Å². The molecular formula is C24H31N3O4. The number of benzene rings is 1. The number of nitrogens with one attached hydrogen (secondary N) is 1. The molecule has 1 saturated heterocycles. The fourth-order valence-corrected chi connectivity index (χ4v) is 4.25. The zero-order valence-electron chi connectivity index (χ0n) is 18.6. The largest absolute Gasteiger partial charge is 0.300 e. The molecule has 3 rings (SSSR count). The molecule has 0 aliphatic carbocycles. The number of fused-ring (bicyclic) bond motifs is 1. The van der Waals surface area contributed by atoms with Crippen LogP contribution in [0.4, 0.5) is 0 Å². The summed E-state index contributed by atoms with van der Waals surface area (Å²) in [5, 5.41) is 2.76. The summed E-state index contributed by atoms with van der Waals surface area (Å²) >= 11 is 0.